The first-order chi connectivity index (χ1) is 9.93. The second-order valence-corrected chi connectivity index (χ2v) is 6.00. The molecule has 114 valence electrons. The minimum absolute atomic E-state index is 0.0924. The van der Waals surface area contributed by atoms with Gasteiger partial charge < -0.3 is 15.5 Å². The first kappa shape index (κ1) is 15.4. The van der Waals surface area contributed by atoms with Crippen LogP contribution in [0.3, 0.4) is 0 Å². The Balaban J connectivity index is 2.00. The van der Waals surface area contributed by atoms with Gasteiger partial charge in [-0.05, 0) is 55.9 Å². The van der Waals surface area contributed by atoms with Gasteiger partial charge in [-0.25, -0.2) is 0 Å². The molecule has 0 spiro atoms. The van der Waals surface area contributed by atoms with E-state index in [1.54, 1.807) is 0 Å². The van der Waals surface area contributed by atoms with E-state index in [2.05, 4.69) is 12.2 Å². The molecule has 21 heavy (non-hydrogen) atoms. The standard InChI is InChI=1S/C16H21NO4/c1-11-6-8-16(9-7-11,15(20)21)10-17-14(19)12-2-4-13(18)5-3-12/h2-5,11,18H,6-10H2,1H3,(H,17,19)(H,20,21). The van der Waals surface area contributed by atoms with E-state index in [1.165, 1.54) is 24.3 Å². The highest BCUT2D eigenvalue weighted by Gasteiger charge is 2.41. The third-order valence-electron chi connectivity index (χ3n) is 4.40. The van der Waals surface area contributed by atoms with E-state index in [0.717, 1.165) is 12.8 Å². The van der Waals surface area contributed by atoms with Gasteiger partial charge in [0.15, 0.2) is 0 Å². The second-order valence-electron chi connectivity index (χ2n) is 6.00. The number of amides is 1. The van der Waals surface area contributed by atoms with Crippen LogP contribution in [-0.4, -0.2) is 28.6 Å². The number of phenolic OH excluding ortho intramolecular Hbond substituents is 1. The minimum Gasteiger partial charge on any atom is -0.508 e. The van der Waals surface area contributed by atoms with Crippen molar-refractivity contribution in [1.82, 2.24) is 5.32 Å². The number of carbonyl (C=O) groups excluding carboxylic acids is 1. The molecule has 1 aliphatic carbocycles. The van der Waals surface area contributed by atoms with Gasteiger partial charge in [0, 0.05) is 12.1 Å². The maximum Gasteiger partial charge on any atom is 0.311 e. The third kappa shape index (κ3) is 3.54. The van der Waals surface area contributed by atoms with Gasteiger partial charge in [0.1, 0.15) is 5.75 Å². The molecule has 1 saturated carbocycles. The van der Waals surface area contributed by atoms with Crippen LogP contribution in [0.2, 0.25) is 0 Å². The number of carboxylic acids is 1. The van der Waals surface area contributed by atoms with Crippen molar-refractivity contribution in [1.29, 1.82) is 0 Å². The summed E-state index contributed by atoms with van der Waals surface area (Å²) in [4.78, 5) is 23.6. The van der Waals surface area contributed by atoms with Crippen LogP contribution in [0, 0.1) is 11.3 Å². The molecular weight excluding hydrogens is 270 g/mol. The van der Waals surface area contributed by atoms with E-state index in [0.29, 0.717) is 24.3 Å². The summed E-state index contributed by atoms with van der Waals surface area (Å²) in [6, 6.07) is 5.90. The number of hydrogen-bond acceptors (Lipinski definition) is 3. The van der Waals surface area contributed by atoms with Crippen molar-refractivity contribution >= 4 is 11.9 Å². The summed E-state index contributed by atoms with van der Waals surface area (Å²) in [6.45, 7) is 2.27. The normalized spacial score (nSPS) is 25.3. The van der Waals surface area contributed by atoms with Gasteiger partial charge in [-0.15, -0.1) is 0 Å². The summed E-state index contributed by atoms with van der Waals surface area (Å²) < 4.78 is 0. The Morgan fingerprint density at radius 3 is 2.33 bits per heavy atom. The molecule has 2 rings (SSSR count). The lowest BCUT2D eigenvalue weighted by molar-refractivity contribution is -0.151. The second kappa shape index (κ2) is 6.16. The lowest BCUT2D eigenvalue weighted by Crippen LogP contribution is -2.45. The van der Waals surface area contributed by atoms with E-state index in [1.807, 2.05) is 0 Å². The Morgan fingerprint density at radius 1 is 1.24 bits per heavy atom. The van der Waals surface area contributed by atoms with Gasteiger partial charge in [0.25, 0.3) is 5.91 Å². The van der Waals surface area contributed by atoms with Crippen LogP contribution in [0.4, 0.5) is 0 Å². The number of nitrogens with one attached hydrogen (secondary N) is 1. The Labute approximate surface area is 124 Å². The summed E-state index contributed by atoms with van der Waals surface area (Å²) in [5, 5.41) is 21.4. The number of aliphatic carboxylic acids is 1. The average molecular weight is 291 g/mol. The monoisotopic (exact) mass is 291 g/mol. The van der Waals surface area contributed by atoms with Crippen molar-refractivity contribution in [2.24, 2.45) is 11.3 Å². The fourth-order valence-electron chi connectivity index (χ4n) is 2.75. The Morgan fingerprint density at radius 2 is 1.81 bits per heavy atom. The fourth-order valence-corrected chi connectivity index (χ4v) is 2.75. The molecule has 1 aliphatic rings. The van der Waals surface area contributed by atoms with Gasteiger partial charge in [-0.3, -0.25) is 9.59 Å². The Kier molecular flexibility index (Phi) is 4.50. The Bertz CT molecular complexity index is 516. The molecule has 0 heterocycles. The predicted octanol–water partition coefficient (Wildman–Crippen LogP) is 2.40. The summed E-state index contributed by atoms with van der Waals surface area (Å²) >= 11 is 0. The van der Waals surface area contributed by atoms with Crippen molar-refractivity contribution in [3.05, 3.63) is 29.8 Å². The van der Waals surface area contributed by atoms with Gasteiger partial charge in [-0.2, -0.15) is 0 Å². The highest BCUT2D eigenvalue weighted by Crippen LogP contribution is 2.38. The van der Waals surface area contributed by atoms with Gasteiger partial charge in [0.05, 0.1) is 5.41 Å². The number of benzene rings is 1. The molecule has 0 aliphatic heterocycles. The zero-order chi connectivity index (χ0) is 15.5. The van der Waals surface area contributed by atoms with Crippen LogP contribution in [-0.2, 0) is 4.79 Å². The molecule has 1 amide bonds. The first-order valence-electron chi connectivity index (χ1n) is 7.23. The van der Waals surface area contributed by atoms with Crippen LogP contribution in [0.1, 0.15) is 43.0 Å². The molecule has 1 aromatic carbocycles. The van der Waals surface area contributed by atoms with Crippen LogP contribution < -0.4 is 5.32 Å². The quantitative estimate of drug-likeness (QED) is 0.795. The molecule has 0 radical (unpaired) electrons. The summed E-state index contributed by atoms with van der Waals surface area (Å²) in [6.07, 6.45) is 2.95. The largest absolute Gasteiger partial charge is 0.508 e. The predicted molar refractivity (Wildman–Crippen MR) is 78.1 cm³/mol. The molecule has 0 bridgehead atoms. The SMILES string of the molecule is CC1CCC(CNC(=O)c2ccc(O)cc2)(C(=O)O)CC1. The van der Waals surface area contributed by atoms with Crippen molar-refractivity contribution in [2.45, 2.75) is 32.6 Å². The van der Waals surface area contributed by atoms with Gasteiger partial charge in [0.2, 0.25) is 0 Å². The van der Waals surface area contributed by atoms with E-state index in [-0.39, 0.29) is 18.2 Å². The van der Waals surface area contributed by atoms with Crippen molar-refractivity contribution in [3.63, 3.8) is 0 Å². The molecule has 1 fully saturated rings. The zero-order valence-corrected chi connectivity index (χ0v) is 12.1. The van der Waals surface area contributed by atoms with Gasteiger partial charge in [-0.1, -0.05) is 6.92 Å². The van der Waals surface area contributed by atoms with E-state index in [9.17, 15) is 19.8 Å². The maximum absolute atomic E-state index is 12.0. The molecule has 5 heteroatoms. The number of carboxylic acid groups (broad SMARTS) is 1. The molecule has 3 N–H and O–H groups in total. The van der Waals surface area contributed by atoms with Gasteiger partial charge >= 0.3 is 5.97 Å². The van der Waals surface area contributed by atoms with E-state index < -0.39 is 11.4 Å². The number of rotatable bonds is 4. The topological polar surface area (TPSA) is 86.6 Å². The third-order valence-corrected chi connectivity index (χ3v) is 4.40. The smallest absolute Gasteiger partial charge is 0.311 e. The maximum atomic E-state index is 12.0. The van der Waals surface area contributed by atoms with Crippen molar-refractivity contribution in [3.8, 4) is 5.75 Å². The van der Waals surface area contributed by atoms with Crippen LogP contribution in [0.15, 0.2) is 24.3 Å². The Hall–Kier alpha value is -2.04. The number of hydrogen-bond donors (Lipinski definition) is 3. The number of aromatic hydroxyl groups is 1. The molecular formula is C16H21NO4. The van der Waals surface area contributed by atoms with Crippen LogP contribution >= 0.6 is 0 Å². The average Bonchev–Trinajstić information content (AvgIpc) is 2.47. The summed E-state index contributed by atoms with van der Waals surface area (Å²) in [5.74, 6) is -0.505. The lowest BCUT2D eigenvalue weighted by atomic mass is 9.71. The first-order valence-corrected chi connectivity index (χ1v) is 7.23. The molecule has 1 aromatic rings. The van der Waals surface area contributed by atoms with Crippen molar-refractivity contribution in [2.75, 3.05) is 6.54 Å². The number of carbonyl (C=O) groups is 2. The minimum atomic E-state index is -0.848. The fraction of sp³-hybridized carbons (Fsp3) is 0.500. The number of phenols is 1. The molecule has 0 aromatic heterocycles. The molecule has 0 saturated heterocycles. The highest BCUT2D eigenvalue weighted by atomic mass is 16.4. The zero-order valence-electron chi connectivity index (χ0n) is 12.1. The lowest BCUT2D eigenvalue weighted by Gasteiger charge is -2.35. The summed E-state index contributed by atoms with van der Waals surface area (Å²) in [5.41, 5.74) is -0.434. The van der Waals surface area contributed by atoms with Crippen molar-refractivity contribution < 1.29 is 19.8 Å². The molecule has 0 unspecified atom stereocenters. The van der Waals surface area contributed by atoms with Crippen LogP contribution in [0.5, 0.6) is 5.75 Å². The van der Waals surface area contributed by atoms with E-state index >= 15 is 0 Å². The van der Waals surface area contributed by atoms with E-state index in [4.69, 9.17) is 0 Å². The molecule has 5 nitrogen and oxygen atoms in total. The molecule has 0 atom stereocenters. The highest BCUT2D eigenvalue weighted by molar-refractivity contribution is 5.94. The van der Waals surface area contributed by atoms with Crippen LogP contribution in [0.25, 0.3) is 0 Å². The summed E-state index contributed by atoms with van der Waals surface area (Å²) in [7, 11) is 0.